The molecule has 4 rings (SSSR count). The minimum Gasteiger partial charge on any atom is -0.330 e. The molecule has 0 radical (unpaired) electrons. The Kier molecular flexibility index (Phi) is 8.59. The molecule has 1 aliphatic heterocycles. The molecule has 0 bridgehead atoms. The third-order valence-electron chi connectivity index (χ3n) is 6.54. The molecule has 0 fully saturated rings. The topological polar surface area (TPSA) is 64.2 Å². The summed E-state index contributed by atoms with van der Waals surface area (Å²) in [7, 11) is 0. The molecule has 2 aromatic carbocycles. The number of aryl methyl sites for hydroxylation is 1. The lowest BCUT2D eigenvalue weighted by molar-refractivity contribution is 0.176. The van der Waals surface area contributed by atoms with Crippen LogP contribution >= 0.6 is 11.8 Å². The van der Waals surface area contributed by atoms with Crippen molar-refractivity contribution in [2.75, 3.05) is 18.8 Å². The summed E-state index contributed by atoms with van der Waals surface area (Å²) >= 11 is 1.71. The molecule has 2 N–H and O–H groups in total. The third kappa shape index (κ3) is 5.80. The number of aromatic nitrogens is 2. The first-order chi connectivity index (χ1) is 16.6. The summed E-state index contributed by atoms with van der Waals surface area (Å²) in [5.41, 5.74) is 11.5. The highest BCUT2D eigenvalue weighted by Gasteiger charge is 2.28. The second kappa shape index (κ2) is 11.8. The van der Waals surface area contributed by atoms with E-state index in [0.29, 0.717) is 13.0 Å². The van der Waals surface area contributed by atoms with Gasteiger partial charge in [-0.3, -0.25) is 14.3 Å². The Morgan fingerprint density at radius 1 is 1.12 bits per heavy atom. The van der Waals surface area contributed by atoms with E-state index in [-0.39, 0.29) is 11.6 Å². The monoisotopic (exact) mass is 476 g/mol. The Balaban J connectivity index is 1.77. The third-order valence-corrected chi connectivity index (χ3v) is 7.60. The van der Waals surface area contributed by atoms with E-state index in [9.17, 15) is 4.79 Å². The van der Waals surface area contributed by atoms with Gasteiger partial charge in [0.2, 0.25) is 0 Å². The Bertz CT molecular complexity index is 1130. The predicted molar refractivity (Wildman–Crippen MR) is 141 cm³/mol. The van der Waals surface area contributed by atoms with Gasteiger partial charge in [0.05, 0.1) is 11.7 Å². The maximum atomic E-state index is 13.8. The zero-order chi connectivity index (χ0) is 23.9. The van der Waals surface area contributed by atoms with Gasteiger partial charge in [0.25, 0.3) is 5.56 Å². The van der Waals surface area contributed by atoms with Crippen LogP contribution in [-0.4, -0.2) is 33.3 Å². The predicted octanol–water partition coefficient (Wildman–Crippen LogP) is 4.94. The molecule has 0 saturated carbocycles. The summed E-state index contributed by atoms with van der Waals surface area (Å²) in [6, 6.07) is 19.1. The van der Waals surface area contributed by atoms with Crippen molar-refractivity contribution < 1.29 is 0 Å². The van der Waals surface area contributed by atoms with Crippen molar-refractivity contribution in [3.8, 4) is 0 Å². The summed E-state index contributed by atoms with van der Waals surface area (Å²) < 4.78 is 1.90. The van der Waals surface area contributed by atoms with Crippen molar-refractivity contribution in [1.29, 1.82) is 0 Å². The maximum Gasteiger partial charge on any atom is 0.258 e. The molecule has 1 atom stereocenters. The van der Waals surface area contributed by atoms with Crippen molar-refractivity contribution in [2.45, 2.75) is 63.8 Å². The van der Waals surface area contributed by atoms with Crippen LogP contribution < -0.4 is 11.3 Å². The van der Waals surface area contributed by atoms with Crippen molar-refractivity contribution in [3.63, 3.8) is 0 Å². The zero-order valence-corrected chi connectivity index (χ0v) is 21.2. The zero-order valence-electron chi connectivity index (χ0n) is 20.4. The number of fused-ring (bicyclic) bond motifs is 1. The highest BCUT2D eigenvalue weighted by molar-refractivity contribution is 7.99. The molecule has 0 saturated heterocycles. The van der Waals surface area contributed by atoms with Gasteiger partial charge in [0.15, 0.2) is 5.16 Å². The molecule has 180 valence electrons. The smallest absolute Gasteiger partial charge is 0.258 e. The van der Waals surface area contributed by atoms with Gasteiger partial charge in [-0.15, -0.1) is 0 Å². The molecule has 5 nitrogen and oxygen atoms in total. The van der Waals surface area contributed by atoms with E-state index in [1.165, 1.54) is 11.1 Å². The van der Waals surface area contributed by atoms with Crippen LogP contribution in [0.1, 0.15) is 60.2 Å². The quantitative estimate of drug-likeness (QED) is 0.420. The molecule has 1 unspecified atom stereocenters. The number of hydrogen-bond donors (Lipinski definition) is 1. The van der Waals surface area contributed by atoms with Gasteiger partial charge in [0.1, 0.15) is 0 Å². The van der Waals surface area contributed by atoms with Crippen LogP contribution in [0, 0.1) is 6.92 Å². The Hall–Kier alpha value is -2.41. The molecular formula is C28H36N4OS. The summed E-state index contributed by atoms with van der Waals surface area (Å²) in [5.74, 6) is 1.01. The van der Waals surface area contributed by atoms with Crippen LogP contribution in [0.2, 0.25) is 0 Å². The van der Waals surface area contributed by atoms with Crippen molar-refractivity contribution in [2.24, 2.45) is 5.73 Å². The van der Waals surface area contributed by atoms with Crippen LogP contribution in [0.15, 0.2) is 64.5 Å². The normalized spacial score (nSPS) is 14.2. The number of thioether (sulfide) groups is 1. The molecular weight excluding hydrogens is 440 g/mol. The van der Waals surface area contributed by atoms with Crippen molar-refractivity contribution >= 4 is 11.8 Å². The first-order valence-electron chi connectivity index (χ1n) is 12.4. The van der Waals surface area contributed by atoms with Crippen molar-refractivity contribution in [3.05, 3.63) is 92.9 Å². The molecule has 2 heterocycles. The van der Waals surface area contributed by atoms with E-state index in [4.69, 9.17) is 10.7 Å². The van der Waals surface area contributed by atoms with Gasteiger partial charge >= 0.3 is 0 Å². The summed E-state index contributed by atoms with van der Waals surface area (Å²) in [5, 5.41) is 0.871. The lowest BCUT2D eigenvalue weighted by Gasteiger charge is -2.33. The molecule has 3 aromatic rings. The van der Waals surface area contributed by atoms with Gasteiger partial charge in [-0.1, -0.05) is 78.8 Å². The highest BCUT2D eigenvalue weighted by Crippen LogP contribution is 2.31. The van der Waals surface area contributed by atoms with Gasteiger partial charge in [-0.2, -0.15) is 0 Å². The molecule has 1 aromatic heterocycles. The molecule has 0 amide bonds. The van der Waals surface area contributed by atoms with Crippen LogP contribution in [0.25, 0.3) is 0 Å². The average molecular weight is 477 g/mol. The molecule has 34 heavy (non-hydrogen) atoms. The fraction of sp³-hybridized carbons (Fsp3) is 0.429. The summed E-state index contributed by atoms with van der Waals surface area (Å²) in [6.07, 6.45) is 3.42. The van der Waals surface area contributed by atoms with Gasteiger partial charge < -0.3 is 5.73 Å². The number of hydrogen-bond acceptors (Lipinski definition) is 5. The van der Waals surface area contributed by atoms with Crippen LogP contribution in [0.5, 0.6) is 0 Å². The van der Waals surface area contributed by atoms with E-state index >= 15 is 0 Å². The second-order valence-electron chi connectivity index (χ2n) is 9.10. The number of benzene rings is 2. The summed E-state index contributed by atoms with van der Waals surface area (Å²) in [4.78, 5) is 21.4. The molecule has 0 aliphatic carbocycles. The van der Waals surface area contributed by atoms with Gasteiger partial charge in [-0.25, -0.2) is 4.98 Å². The Labute approximate surface area is 207 Å². The van der Waals surface area contributed by atoms with Crippen LogP contribution in [0.4, 0.5) is 0 Å². The Morgan fingerprint density at radius 3 is 2.59 bits per heavy atom. The largest absolute Gasteiger partial charge is 0.330 e. The van der Waals surface area contributed by atoms with Gasteiger partial charge in [-0.05, 0) is 43.9 Å². The molecule has 0 spiro atoms. The number of rotatable bonds is 10. The minimum absolute atomic E-state index is 0.0627. The number of nitrogens with zero attached hydrogens (tertiary/aromatic N) is 3. The van der Waals surface area contributed by atoms with Crippen LogP contribution in [0.3, 0.4) is 0 Å². The first kappa shape index (κ1) is 24.7. The standard InChI is InChI=1S/C28H36N4OS/c1-3-25(31(16-7-15-29)20-23-13-11-21(2)12-14-23)26-24(19-22-9-5-4-6-10-22)27(33)32-17-8-18-34-28(32)30-26/h4-6,9-14,25H,3,7-8,15-20,29H2,1-2H3. The summed E-state index contributed by atoms with van der Waals surface area (Å²) in [6.45, 7) is 7.41. The van der Waals surface area contributed by atoms with E-state index in [0.717, 1.165) is 66.6 Å². The van der Waals surface area contributed by atoms with E-state index in [1.807, 2.05) is 22.8 Å². The lowest BCUT2D eigenvalue weighted by Crippen LogP contribution is -2.36. The molecule has 1 aliphatic rings. The molecule has 6 heteroatoms. The first-order valence-corrected chi connectivity index (χ1v) is 13.4. The SMILES string of the molecule is CCC(c1nc2n(c(=O)c1Cc1ccccc1)CCCS2)N(CCCN)Cc1ccc(C)cc1. The van der Waals surface area contributed by atoms with Crippen LogP contribution in [-0.2, 0) is 19.5 Å². The second-order valence-corrected chi connectivity index (χ2v) is 10.2. The fourth-order valence-electron chi connectivity index (χ4n) is 4.72. The lowest BCUT2D eigenvalue weighted by atomic mass is 9.97. The van der Waals surface area contributed by atoms with Crippen molar-refractivity contribution in [1.82, 2.24) is 14.5 Å². The van der Waals surface area contributed by atoms with E-state index in [2.05, 4.69) is 55.1 Å². The fourth-order valence-corrected chi connectivity index (χ4v) is 5.67. The Morgan fingerprint density at radius 2 is 1.88 bits per heavy atom. The maximum absolute atomic E-state index is 13.8. The number of nitrogens with two attached hydrogens (primary N) is 1. The van der Waals surface area contributed by atoms with E-state index < -0.39 is 0 Å². The highest BCUT2D eigenvalue weighted by atomic mass is 32.2. The minimum atomic E-state index is 0.0627. The average Bonchev–Trinajstić information content (AvgIpc) is 2.87. The van der Waals surface area contributed by atoms with Gasteiger partial charge in [0, 0.05) is 37.4 Å². The van der Waals surface area contributed by atoms with E-state index in [1.54, 1.807) is 11.8 Å².